The minimum absolute atomic E-state index is 0.321. The van der Waals surface area contributed by atoms with Crippen LogP contribution >= 0.6 is 0 Å². The Morgan fingerprint density at radius 3 is 1.98 bits per heavy atom. The summed E-state index contributed by atoms with van der Waals surface area (Å²) in [6.45, 7) is 10.2. The van der Waals surface area contributed by atoms with Gasteiger partial charge in [-0.2, -0.15) is 5.26 Å². The van der Waals surface area contributed by atoms with Crippen molar-refractivity contribution in [2.45, 2.75) is 148 Å². The zero-order valence-electron chi connectivity index (χ0n) is 35.0. The van der Waals surface area contributed by atoms with Crippen LogP contribution in [0.2, 0.25) is 0 Å². The molecule has 0 aromatic heterocycles. The molecule has 0 spiro atoms. The van der Waals surface area contributed by atoms with Gasteiger partial charge >= 0.3 is 0 Å². The van der Waals surface area contributed by atoms with Gasteiger partial charge in [0.15, 0.2) is 17.6 Å². The van der Waals surface area contributed by atoms with Gasteiger partial charge in [0.1, 0.15) is 11.4 Å². The molecule has 12 heteroatoms. The largest absolute Gasteiger partial charge is 0.493 e. The number of nitrogens with one attached hydrogen (secondary N) is 1. The van der Waals surface area contributed by atoms with Crippen LogP contribution in [0.25, 0.3) is 0 Å². The molecule has 0 aliphatic carbocycles. The molecule has 0 aliphatic heterocycles. The Hall–Kier alpha value is -4.24. The van der Waals surface area contributed by atoms with Gasteiger partial charge in [0.05, 0.1) is 38.9 Å². The van der Waals surface area contributed by atoms with E-state index in [-0.39, 0.29) is 5.91 Å². The molecule has 0 heterocycles. The number of nitriles is 1. The second kappa shape index (κ2) is 24.3. The molecule has 0 aliphatic rings. The van der Waals surface area contributed by atoms with Crippen LogP contribution in [-0.2, 0) is 21.5 Å². The standard InChI is InChI=1S/C43H68N4O8/c1-10-11-12-13-14-15-16-17-18-21-26-43(32-44,36-30-38(51-7)40(53-9)39(31-36)52-8)27-22-28-46(6)29-25-35-23-19-20-24-37(35)54-42(4,5)41(55-47(49)50)33(2)45-34(3)48/h19-20,23-24,30-31,33,41H,10-18,21-22,25-29H2,1-9H3,(H,45,48). The Bertz CT molecular complexity index is 1470. The second-order valence-corrected chi connectivity index (χ2v) is 15.2. The van der Waals surface area contributed by atoms with Crippen molar-refractivity contribution >= 4 is 5.91 Å². The van der Waals surface area contributed by atoms with Gasteiger partial charge in [-0.1, -0.05) is 89.3 Å². The molecule has 2 aromatic carbocycles. The molecule has 0 bridgehead atoms. The molecule has 1 N–H and O–H groups in total. The van der Waals surface area contributed by atoms with Crippen molar-refractivity contribution in [3.8, 4) is 29.1 Å². The van der Waals surface area contributed by atoms with Gasteiger partial charge in [0.2, 0.25) is 11.7 Å². The van der Waals surface area contributed by atoms with E-state index in [4.69, 9.17) is 23.8 Å². The third-order valence-electron chi connectivity index (χ3n) is 10.4. The highest BCUT2D eigenvalue weighted by Crippen LogP contribution is 2.44. The highest BCUT2D eigenvalue weighted by atomic mass is 17.0. The van der Waals surface area contributed by atoms with Gasteiger partial charge in [-0.3, -0.25) is 4.79 Å². The topological polar surface area (TPSA) is 145 Å². The maximum atomic E-state index is 11.7. The molecule has 3 atom stereocenters. The fourth-order valence-corrected chi connectivity index (χ4v) is 7.40. The lowest BCUT2D eigenvalue weighted by atomic mass is 9.73. The Balaban J connectivity index is 2.15. The lowest BCUT2D eigenvalue weighted by molar-refractivity contribution is -0.772. The van der Waals surface area contributed by atoms with E-state index in [9.17, 15) is 20.2 Å². The normalized spacial score (nSPS) is 13.6. The average molecular weight is 769 g/mol. The fourth-order valence-electron chi connectivity index (χ4n) is 7.40. The molecule has 55 heavy (non-hydrogen) atoms. The van der Waals surface area contributed by atoms with Crippen LogP contribution in [0.4, 0.5) is 0 Å². The van der Waals surface area contributed by atoms with Crippen LogP contribution in [-0.4, -0.2) is 75.1 Å². The van der Waals surface area contributed by atoms with Crippen LogP contribution in [0, 0.1) is 21.4 Å². The molecule has 3 unspecified atom stereocenters. The number of unbranched alkanes of at least 4 members (excludes halogenated alkanes) is 9. The number of carbonyl (C=O) groups excluding carboxylic acids is 1. The van der Waals surface area contributed by atoms with E-state index in [0.29, 0.717) is 35.8 Å². The summed E-state index contributed by atoms with van der Waals surface area (Å²) in [5.74, 6) is 1.87. The number of methoxy groups -OCH3 is 3. The van der Waals surface area contributed by atoms with Crippen molar-refractivity contribution in [1.82, 2.24) is 10.2 Å². The smallest absolute Gasteiger partial charge is 0.295 e. The van der Waals surface area contributed by atoms with Crippen molar-refractivity contribution in [1.29, 1.82) is 5.26 Å². The molecule has 0 saturated carbocycles. The summed E-state index contributed by atoms with van der Waals surface area (Å²) in [6.07, 6.45) is 14.1. The Labute approximate surface area is 330 Å². The summed E-state index contributed by atoms with van der Waals surface area (Å²) in [5.41, 5.74) is -0.0574. The molecule has 2 aromatic rings. The van der Waals surface area contributed by atoms with Crippen LogP contribution in [0.3, 0.4) is 0 Å². The molecule has 12 nitrogen and oxygen atoms in total. The summed E-state index contributed by atoms with van der Waals surface area (Å²) < 4.78 is 23.4. The van der Waals surface area contributed by atoms with E-state index >= 15 is 0 Å². The third kappa shape index (κ3) is 15.4. The van der Waals surface area contributed by atoms with E-state index in [0.717, 1.165) is 49.9 Å². The van der Waals surface area contributed by atoms with Gasteiger partial charge < -0.3 is 34.0 Å². The summed E-state index contributed by atoms with van der Waals surface area (Å²) >= 11 is 0. The Morgan fingerprint density at radius 1 is 0.891 bits per heavy atom. The lowest BCUT2D eigenvalue weighted by Crippen LogP contribution is -2.55. The molecular formula is C43H68N4O8. The van der Waals surface area contributed by atoms with E-state index in [2.05, 4.69) is 30.3 Å². The fraction of sp³-hybridized carbons (Fsp3) is 0.674. The maximum Gasteiger partial charge on any atom is 0.295 e. The lowest BCUT2D eigenvalue weighted by Gasteiger charge is -2.37. The highest BCUT2D eigenvalue weighted by Gasteiger charge is 2.40. The van der Waals surface area contributed by atoms with Gasteiger partial charge in [-0.25, -0.2) is 0 Å². The zero-order chi connectivity index (χ0) is 40.9. The Morgan fingerprint density at radius 2 is 1.45 bits per heavy atom. The zero-order valence-corrected chi connectivity index (χ0v) is 35.0. The van der Waals surface area contributed by atoms with Gasteiger partial charge in [-0.15, -0.1) is 10.1 Å². The molecule has 0 radical (unpaired) electrons. The van der Waals surface area contributed by atoms with Gasteiger partial charge in [0, 0.05) is 13.5 Å². The summed E-state index contributed by atoms with van der Waals surface area (Å²) in [6, 6.07) is 13.5. The molecule has 308 valence electrons. The van der Waals surface area contributed by atoms with Gasteiger partial charge in [0.25, 0.3) is 5.09 Å². The van der Waals surface area contributed by atoms with Crippen molar-refractivity contribution in [2.75, 3.05) is 41.5 Å². The summed E-state index contributed by atoms with van der Waals surface area (Å²) in [7, 11) is 6.85. The molecule has 1 amide bonds. The first-order chi connectivity index (χ1) is 26.3. The highest BCUT2D eigenvalue weighted by molar-refractivity contribution is 5.73. The number of carbonyl (C=O) groups is 1. The van der Waals surface area contributed by atoms with Crippen LogP contribution in [0.1, 0.15) is 129 Å². The van der Waals surface area contributed by atoms with Crippen LogP contribution in [0.15, 0.2) is 36.4 Å². The predicted octanol–water partition coefficient (Wildman–Crippen LogP) is 9.00. The SMILES string of the molecule is CCCCCCCCCCCCC(C#N)(CCCN(C)CCc1ccccc1OC(C)(C)C(O[N+](=O)[O-])C(C)NC(C)=O)c1cc(OC)c(OC)c(OC)c1. The van der Waals surface area contributed by atoms with Crippen molar-refractivity contribution in [3.05, 3.63) is 57.6 Å². The number of amides is 1. The van der Waals surface area contributed by atoms with E-state index in [1.165, 1.54) is 58.3 Å². The van der Waals surface area contributed by atoms with Crippen LogP contribution < -0.4 is 24.3 Å². The number of ether oxygens (including phenoxy) is 4. The third-order valence-corrected chi connectivity index (χ3v) is 10.4. The maximum absolute atomic E-state index is 11.7. The quantitative estimate of drug-likeness (QED) is 0.0483. The molecule has 2 rings (SSSR count). The van der Waals surface area contributed by atoms with Crippen molar-refractivity contribution in [2.24, 2.45) is 0 Å². The van der Waals surface area contributed by atoms with E-state index < -0.39 is 28.2 Å². The number of hydrogen-bond acceptors (Lipinski definition) is 10. The minimum atomic E-state index is -1.15. The first-order valence-electron chi connectivity index (χ1n) is 20.0. The first-order valence-corrected chi connectivity index (χ1v) is 20.0. The number of rotatable bonds is 29. The second-order valence-electron chi connectivity index (χ2n) is 15.2. The molecular weight excluding hydrogens is 700 g/mol. The Kier molecular flexibility index (Phi) is 20.7. The van der Waals surface area contributed by atoms with E-state index in [1.807, 2.05) is 36.4 Å². The van der Waals surface area contributed by atoms with Crippen LogP contribution in [0.5, 0.6) is 23.0 Å². The monoisotopic (exact) mass is 769 g/mol. The number of para-hydroxylation sites is 1. The van der Waals surface area contributed by atoms with Gasteiger partial charge in [-0.05, 0) is 89.4 Å². The number of likely N-dealkylation sites (N-methyl/N-ethyl adjacent to an activating group) is 1. The summed E-state index contributed by atoms with van der Waals surface area (Å²) in [5, 5.41) is 24.1. The predicted molar refractivity (Wildman–Crippen MR) is 217 cm³/mol. The summed E-state index contributed by atoms with van der Waals surface area (Å²) in [4.78, 5) is 30.4. The minimum Gasteiger partial charge on any atom is -0.493 e. The van der Waals surface area contributed by atoms with Crippen molar-refractivity contribution in [3.63, 3.8) is 0 Å². The molecule has 0 fully saturated rings. The number of benzene rings is 2. The first kappa shape index (κ1) is 46.9. The average Bonchev–Trinajstić information content (AvgIpc) is 3.15. The molecule has 0 saturated heterocycles. The number of hydrogen-bond donors (Lipinski definition) is 1. The van der Waals surface area contributed by atoms with E-state index in [1.54, 1.807) is 42.1 Å². The number of nitrogens with zero attached hydrogens (tertiary/aromatic N) is 3. The van der Waals surface area contributed by atoms with Crippen molar-refractivity contribution < 1.29 is 33.7 Å².